The Hall–Kier alpha value is -2.48. The number of halogens is 1. The summed E-state index contributed by atoms with van der Waals surface area (Å²) in [5, 5.41) is 10.9. The lowest BCUT2D eigenvalue weighted by molar-refractivity contribution is 0.446. The molecule has 1 aliphatic heterocycles. The lowest BCUT2D eigenvalue weighted by atomic mass is 9.94. The second-order valence-corrected chi connectivity index (χ2v) is 8.11. The van der Waals surface area contributed by atoms with E-state index < -0.39 is 0 Å². The number of fused-ring (bicyclic) bond motifs is 1. The number of nitrogens with zero attached hydrogens (tertiary/aromatic N) is 3. The van der Waals surface area contributed by atoms with Crippen LogP contribution in [0.3, 0.4) is 0 Å². The van der Waals surface area contributed by atoms with E-state index in [9.17, 15) is 4.79 Å². The molecule has 1 aromatic carbocycles. The van der Waals surface area contributed by atoms with Crippen molar-refractivity contribution in [1.29, 1.82) is 0 Å². The van der Waals surface area contributed by atoms with Gasteiger partial charge in [-0.3, -0.25) is 4.79 Å². The molecule has 4 heterocycles. The summed E-state index contributed by atoms with van der Waals surface area (Å²) in [5.41, 5.74) is 5.78. The lowest BCUT2D eigenvalue weighted by Gasteiger charge is -2.23. The van der Waals surface area contributed by atoms with E-state index in [-0.39, 0.29) is 18.0 Å². The smallest absolute Gasteiger partial charge is 0.251 e. The third-order valence-corrected chi connectivity index (χ3v) is 6.32. The zero-order valence-corrected chi connectivity index (χ0v) is 17.6. The van der Waals surface area contributed by atoms with E-state index >= 15 is 0 Å². The van der Waals surface area contributed by atoms with Gasteiger partial charge in [-0.2, -0.15) is 5.10 Å². The third kappa shape index (κ3) is 3.61. The quantitative estimate of drug-likeness (QED) is 0.518. The summed E-state index contributed by atoms with van der Waals surface area (Å²) in [5.74, 6) is 0.345. The minimum Gasteiger partial charge on any atom is -0.317 e. The highest BCUT2D eigenvalue weighted by Crippen LogP contribution is 2.33. The number of H-pyrrole nitrogens is 1. The molecule has 2 N–H and O–H groups in total. The Kier molecular flexibility index (Phi) is 5.54. The second-order valence-electron chi connectivity index (χ2n) is 7.25. The van der Waals surface area contributed by atoms with Gasteiger partial charge in [0.1, 0.15) is 10.7 Å². The number of rotatable bonds is 3. The molecule has 0 spiro atoms. The van der Waals surface area contributed by atoms with Gasteiger partial charge >= 0.3 is 0 Å². The predicted molar refractivity (Wildman–Crippen MR) is 119 cm³/mol. The fraction of sp³-hybridized carbons (Fsp3) is 0.286. The van der Waals surface area contributed by atoms with Crippen molar-refractivity contribution in [1.82, 2.24) is 24.9 Å². The van der Waals surface area contributed by atoms with Crippen molar-refractivity contribution in [3.8, 4) is 21.8 Å². The largest absolute Gasteiger partial charge is 0.317 e. The van der Waals surface area contributed by atoms with Gasteiger partial charge in [0.2, 0.25) is 0 Å². The van der Waals surface area contributed by atoms with E-state index in [2.05, 4.69) is 39.8 Å². The van der Waals surface area contributed by atoms with Crippen LogP contribution in [0, 0.1) is 6.92 Å². The second kappa shape index (κ2) is 8.10. The maximum Gasteiger partial charge on any atom is 0.251 e. The van der Waals surface area contributed by atoms with Gasteiger partial charge in [-0.15, -0.1) is 23.7 Å². The Morgan fingerprint density at radius 2 is 1.97 bits per heavy atom. The van der Waals surface area contributed by atoms with E-state index in [1.54, 1.807) is 17.4 Å². The molecule has 0 atom stereocenters. The molecule has 1 saturated heterocycles. The molecule has 150 valence electrons. The molecule has 8 heteroatoms. The van der Waals surface area contributed by atoms with Crippen LogP contribution in [0.25, 0.3) is 27.5 Å². The Balaban J connectivity index is 0.00000205. The van der Waals surface area contributed by atoms with E-state index in [4.69, 9.17) is 4.98 Å². The summed E-state index contributed by atoms with van der Waals surface area (Å²) in [6.45, 7) is 4.03. The van der Waals surface area contributed by atoms with Crippen molar-refractivity contribution < 1.29 is 0 Å². The third-order valence-electron chi connectivity index (χ3n) is 5.45. The normalized spacial score (nSPS) is 14.8. The van der Waals surface area contributed by atoms with E-state index in [0.717, 1.165) is 59.1 Å². The fourth-order valence-electron chi connectivity index (χ4n) is 3.96. The standard InChI is InChI=1S/C21H21N5OS.ClH/c1-13-4-2-3-5-15(13)17-12-28-21(24-17)16-11-23-26-18(10-19(27)25-20(16)26)14-6-8-22-9-7-14;/h2-5,10-12,14,22H,6-9H2,1H3,(H,25,27);1H. The predicted octanol–water partition coefficient (Wildman–Crippen LogP) is 4.01. The Morgan fingerprint density at radius 1 is 1.17 bits per heavy atom. The number of aromatic amines is 1. The minimum atomic E-state index is -0.0848. The summed E-state index contributed by atoms with van der Waals surface area (Å²) in [6, 6.07) is 9.93. The van der Waals surface area contributed by atoms with Gasteiger partial charge in [0, 0.05) is 22.9 Å². The minimum absolute atomic E-state index is 0. The van der Waals surface area contributed by atoms with Gasteiger partial charge in [0.25, 0.3) is 5.56 Å². The van der Waals surface area contributed by atoms with Crippen LogP contribution in [-0.4, -0.2) is 32.7 Å². The number of hydrogen-bond acceptors (Lipinski definition) is 5. The van der Waals surface area contributed by atoms with Crippen molar-refractivity contribution in [2.24, 2.45) is 0 Å². The van der Waals surface area contributed by atoms with Crippen molar-refractivity contribution >= 4 is 29.4 Å². The highest BCUT2D eigenvalue weighted by molar-refractivity contribution is 7.13. The first-order valence-corrected chi connectivity index (χ1v) is 10.4. The van der Waals surface area contributed by atoms with Crippen molar-refractivity contribution in [3.05, 3.63) is 63.5 Å². The molecule has 5 rings (SSSR count). The van der Waals surface area contributed by atoms with Crippen LogP contribution >= 0.6 is 23.7 Å². The van der Waals surface area contributed by atoms with Gasteiger partial charge in [0.15, 0.2) is 0 Å². The fourth-order valence-corrected chi connectivity index (χ4v) is 4.79. The number of aromatic nitrogens is 4. The molecule has 1 fully saturated rings. The number of hydrogen-bond donors (Lipinski definition) is 2. The van der Waals surface area contributed by atoms with E-state index in [1.807, 2.05) is 22.8 Å². The van der Waals surface area contributed by atoms with Crippen molar-refractivity contribution in [2.45, 2.75) is 25.7 Å². The number of piperidine rings is 1. The summed E-state index contributed by atoms with van der Waals surface area (Å²) in [6.07, 6.45) is 3.85. The van der Waals surface area contributed by atoms with Crippen molar-refractivity contribution in [3.63, 3.8) is 0 Å². The van der Waals surface area contributed by atoms with Crippen LogP contribution in [0.4, 0.5) is 0 Å². The molecule has 0 radical (unpaired) electrons. The first-order chi connectivity index (χ1) is 13.7. The molecule has 29 heavy (non-hydrogen) atoms. The monoisotopic (exact) mass is 427 g/mol. The lowest BCUT2D eigenvalue weighted by Crippen LogP contribution is -2.28. The average molecular weight is 428 g/mol. The topological polar surface area (TPSA) is 75.1 Å². The molecule has 4 aromatic rings. The highest BCUT2D eigenvalue weighted by Gasteiger charge is 2.21. The molecule has 0 unspecified atom stereocenters. The van der Waals surface area contributed by atoms with Gasteiger partial charge < -0.3 is 10.3 Å². The molecule has 6 nitrogen and oxygen atoms in total. The maximum atomic E-state index is 12.4. The van der Waals surface area contributed by atoms with Gasteiger partial charge in [0.05, 0.1) is 23.1 Å². The number of aryl methyl sites for hydroxylation is 1. The zero-order valence-electron chi connectivity index (χ0n) is 16.0. The summed E-state index contributed by atoms with van der Waals surface area (Å²) in [7, 11) is 0. The summed E-state index contributed by atoms with van der Waals surface area (Å²) >= 11 is 1.58. The number of nitrogens with one attached hydrogen (secondary N) is 2. The van der Waals surface area contributed by atoms with Crippen LogP contribution in [0.2, 0.25) is 0 Å². The molecule has 0 amide bonds. The molecular weight excluding hydrogens is 406 g/mol. The summed E-state index contributed by atoms with van der Waals surface area (Å²) < 4.78 is 1.89. The molecular formula is C21H22ClN5OS. The first kappa shape index (κ1) is 19.8. The van der Waals surface area contributed by atoms with Crippen LogP contribution in [0.5, 0.6) is 0 Å². The molecule has 1 aliphatic rings. The molecule has 0 aliphatic carbocycles. The van der Waals surface area contributed by atoms with Crippen LogP contribution in [-0.2, 0) is 0 Å². The first-order valence-electron chi connectivity index (χ1n) is 9.54. The number of benzene rings is 1. The average Bonchev–Trinajstić information content (AvgIpc) is 3.35. The molecule has 0 saturated carbocycles. The highest BCUT2D eigenvalue weighted by atomic mass is 35.5. The van der Waals surface area contributed by atoms with Crippen LogP contribution < -0.4 is 10.9 Å². The van der Waals surface area contributed by atoms with Crippen LogP contribution in [0.1, 0.15) is 30.0 Å². The molecule has 0 bridgehead atoms. The maximum absolute atomic E-state index is 12.4. The van der Waals surface area contributed by atoms with Gasteiger partial charge in [-0.25, -0.2) is 9.50 Å². The molecule has 3 aromatic heterocycles. The van der Waals surface area contributed by atoms with Crippen LogP contribution in [0.15, 0.2) is 46.7 Å². The number of thiazole rings is 1. The van der Waals surface area contributed by atoms with E-state index in [1.165, 1.54) is 5.56 Å². The Morgan fingerprint density at radius 3 is 2.76 bits per heavy atom. The van der Waals surface area contributed by atoms with E-state index in [0.29, 0.717) is 5.92 Å². The van der Waals surface area contributed by atoms with Gasteiger partial charge in [-0.1, -0.05) is 24.3 Å². The SMILES string of the molecule is Cc1ccccc1-c1csc(-c2cnn3c(C4CCNCC4)cc(=O)[nH]c23)n1.Cl. The Bertz CT molecular complexity index is 1210. The van der Waals surface area contributed by atoms with Crippen molar-refractivity contribution in [2.75, 3.05) is 13.1 Å². The zero-order chi connectivity index (χ0) is 19.1. The Labute approximate surface area is 178 Å². The van der Waals surface area contributed by atoms with Gasteiger partial charge in [-0.05, 0) is 38.4 Å². The summed E-state index contributed by atoms with van der Waals surface area (Å²) in [4.78, 5) is 20.2.